The smallest absolute Gasteiger partial charge is 0.257 e. The van der Waals surface area contributed by atoms with Gasteiger partial charge in [0.15, 0.2) is 17.3 Å². The summed E-state index contributed by atoms with van der Waals surface area (Å²) in [6.45, 7) is 6.21. The van der Waals surface area contributed by atoms with E-state index in [0.717, 1.165) is 5.69 Å². The zero-order chi connectivity index (χ0) is 16.3. The number of carbonyl (C=O) groups is 1. The van der Waals surface area contributed by atoms with Gasteiger partial charge in [-0.15, -0.1) is 0 Å². The maximum Gasteiger partial charge on any atom is 0.257 e. The summed E-state index contributed by atoms with van der Waals surface area (Å²) in [6.07, 6.45) is 0. The molecule has 0 aliphatic heterocycles. The maximum absolute atomic E-state index is 12.3. The Kier molecular flexibility index (Phi) is 4.40. The van der Waals surface area contributed by atoms with Crippen LogP contribution in [0, 0.1) is 0 Å². The minimum atomic E-state index is -0.257. The molecular weight excluding hydrogens is 282 g/mol. The van der Waals surface area contributed by atoms with Gasteiger partial charge >= 0.3 is 0 Å². The van der Waals surface area contributed by atoms with Gasteiger partial charge in [0.05, 0.1) is 14.2 Å². The van der Waals surface area contributed by atoms with Crippen LogP contribution in [0.2, 0.25) is 0 Å². The van der Waals surface area contributed by atoms with Gasteiger partial charge in [0.2, 0.25) is 0 Å². The monoisotopic (exact) mass is 303 g/mol. The molecule has 2 aromatic rings. The van der Waals surface area contributed by atoms with Crippen molar-refractivity contribution in [3.8, 4) is 11.5 Å². The van der Waals surface area contributed by atoms with Crippen molar-refractivity contribution < 1.29 is 14.3 Å². The molecule has 6 heteroatoms. The van der Waals surface area contributed by atoms with E-state index in [2.05, 4.69) is 36.3 Å². The van der Waals surface area contributed by atoms with Gasteiger partial charge in [0.25, 0.3) is 5.91 Å². The van der Waals surface area contributed by atoms with Crippen LogP contribution >= 0.6 is 0 Å². The molecule has 0 bridgehead atoms. The third-order valence-electron chi connectivity index (χ3n) is 3.27. The highest BCUT2D eigenvalue weighted by Crippen LogP contribution is 2.28. The van der Waals surface area contributed by atoms with E-state index in [0.29, 0.717) is 22.9 Å². The van der Waals surface area contributed by atoms with Gasteiger partial charge in [-0.05, 0) is 18.2 Å². The second-order valence-electron chi connectivity index (χ2n) is 5.94. The van der Waals surface area contributed by atoms with Gasteiger partial charge in [0.1, 0.15) is 0 Å². The fourth-order valence-corrected chi connectivity index (χ4v) is 1.94. The van der Waals surface area contributed by atoms with Crippen molar-refractivity contribution in [3.05, 3.63) is 35.5 Å². The number of methoxy groups -OCH3 is 2. The molecule has 0 unspecified atom stereocenters. The van der Waals surface area contributed by atoms with Gasteiger partial charge in [-0.3, -0.25) is 9.89 Å². The number of carbonyl (C=O) groups excluding carboxylic acids is 1. The highest BCUT2D eigenvalue weighted by molar-refractivity contribution is 6.04. The minimum Gasteiger partial charge on any atom is -0.493 e. The number of anilines is 1. The summed E-state index contributed by atoms with van der Waals surface area (Å²) >= 11 is 0. The molecule has 0 aliphatic carbocycles. The normalized spacial score (nSPS) is 11.1. The number of H-pyrrole nitrogens is 1. The van der Waals surface area contributed by atoms with Crippen LogP contribution in [0.25, 0.3) is 0 Å². The fraction of sp³-hybridized carbons (Fsp3) is 0.375. The number of nitrogens with zero attached hydrogens (tertiary/aromatic N) is 1. The van der Waals surface area contributed by atoms with Crippen LogP contribution in [-0.2, 0) is 5.41 Å². The van der Waals surface area contributed by atoms with Crippen LogP contribution in [0.1, 0.15) is 36.8 Å². The van der Waals surface area contributed by atoms with Crippen molar-refractivity contribution in [3.63, 3.8) is 0 Å². The number of rotatable bonds is 4. The molecule has 0 atom stereocenters. The Labute approximate surface area is 129 Å². The SMILES string of the molecule is COc1ccc(C(=O)Nc2cc(C(C)(C)C)[nH]n2)cc1OC. The van der Waals surface area contributed by atoms with E-state index in [9.17, 15) is 4.79 Å². The molecule has 22 heavy (non-hydrogen) atoms. The predicted molar refractivity (Wildman–Crippen MR) is 84.8 cm³/mol. The van der Waals surface area contributed by atoms with Gasteiger partial charge in [0, 0.05) is 22.7 Å². The number of aromatic amines is 1. The number of hydrogen-bond acceptors (Lipinski definition) is 4. The van der Waals surface area contributed by atoms with Gasteiger partial charge in [-0.25, -0.2) is 0 Å². The number of nitrogens with one attached hydrogen (secondary N) is 2. The van der Waals surface area contributed by atoms with Crippen molar-refractivity contribution >= 4 is 11.7 Å². The summed E-state index contributed by atoms with van der Waals surface area (Å²) in [6, 6.07) is 6.83. The highest BCUT2D eigenvalue weighted by Gasteiger charge is 2.18. The molecule has 0 saturated heterocycles. The Balaban J connectivity index is 2.17. The lowest BCUT2D eigenvalue weighted by atomic mass is 9.92. The third-order valence-corrected chi connectivity index (χ3v) is 3.27. The maximum atomic E-state index is 12.3. The van der Waals surface area contributed by atoms with Gasteiger partial charge < -0.3 is 14.8 Å². The molecule has 0 saturated carbocycles. The summed E-state index contributed by atoms with van der Waals surface area (Å²) < 4.78 is 10.4. The molecule has 1 aromatic heterocycles. The van der Waals surface area contributed by atoms with Crippen molar-refractivity contribution in [2.24, 2.45) is 0 Å². The Morgan fingerprint density at radius 2 is 1.82 bits per heavy atom. The molecular formula is C16H21N3O3. The van der Waals surface area contributed by atoms with E-state index in [-0.39, 0.29) is 11.3 Å². The number of hydrogen-bond donors (Lipinski definition) is 2. The topological polar surface area (TPSA) is 76.2 Å². The summed E-state index contributed by atoms with van der Waals surface area (Å²) in [4.78, 5) is 12.3. The lowest BCUT2D eigenvalue weighted by molar-refractivity contribution is 0.102. The molecule has 2 rings (SSSR count). The van der Waals surface area contributed by atoms with Crippen LogP contribution in [0.5, 0.6) is 11.5 Å². The van der Waals surface area contributed by atoms with E-state index in [1.807, 2.05) is 6.07 Å². The van der Waals surface area contributed by atoms with Crippen LogP contribution in [0.15, 0.2) is 24.3 Å². The third kappa shape index (κ3) is 3.39. The molecule has 0 radical (unpaired) electrons. The van der Waals surface area contributed by atoms with Gasteiger partial charge in [-0.2, -0.15) is 5.10 Å². The zero-order valence-electron chi connectivity index (χ0n) is 13.5. The lowest BCUT2D eigenvalue weighted by Crippen LogP contribution is -2.13. The van der Waals surface area contributed by atoms with E-state index in [1.54, 1.807) is 25.3 Å². The standard InChI is InChI=1S/C16H21N3O3/c1-16(2,3)13-9-14(19-18-13)17-15(20)10-6-7-11(21-4)12(8-10)22-5/h6-9H,1-5H3,(H2,17,18,19,20). The quantitative estimate of drug-likeness (QED) is 0.910. The number of amides is 1. The first-order valence-electron chi connectivity index (χ1n) is 6.94. The molecule has 1 aromatic carbocycles. The summed E-state index contributed by atoms with van der Waals surface area (Å²) in [5.41, 5.74) is 1.37. The van der Waals surface area contributed by atoms with Crippen LogP contribution < -0.4 is 14.8 Å². The fourth-order valence-electron chi connectivity index (χ4n) is 1.94. The molecule has 0 spiro atoms. The summed E-state index contributed by atoms with van der Waals surface area (Å²) in [5.74, 6) is 1.32. The van der Waals surface area contributed by atoms with E-state index in [4.69, 9.17) is 9.47 Å². The average molecular weight is 303 g/mol. The molecule has 0 fully saturated rings. The highest BCUT2D eigenvalue weighted by atomic mass is 16.5. The second kappa shape index (κ2) is 6.09. The van der Waals surface area contributed by atoms with Crippen LogP contribution in [0.3, 0.4) is 0 Å². The zero-order valence-corrected chi connectivity index (χ0v) is 13.5. The largest absolute Gasteiger partial charge is 0.493 e. The first kappa shape index (κ1) is 15.9. The van der Waals surface area contributed by atoms with Crippen molar-refractivity contribution in [1.29, 1.82) is 0 Å². The molecule has 2 N–H and O–H groups in total. The van der Waals surface area contributed by atoms with Gasteiger partial charge in [-0.1, -0.05) is 20.8 Å². The minimum absolute atomic E-state index is 0.0562. The van der Waals surface area contributed by atoms with Crippen LogP contribution in [-0.4, -0.2) is 30.3 Å². The lowest BCUT2D eigenvalue weighted by Gasteiger charge is -2.14. The van der Waals surface area contributed by atoms with Crippen LogP contribution in [0.4, 0.5) is 5.82 Å². The number of benzene rings is 1. The second-order valence-corrected chi connectivity index (χ2v) is 5.94. The molecule has 118 valence electrons. The first-order valence-corrected chi connectivity index (χ1v) is 6.94. The molecule has 1 heterocycles. The summed E-state index contributed by atoms with van der Waals surface area (Å²) in [7, 11) is 3.08. The first-order chi connectivity index (χ1) is 10.3. The predicted octanol–water partition coefficient (Wildman–Crippen LogP) is 2.98. The van der Waals surface area contributed by atoms with E-state index in [1.165, 1.54) is 7.11 Å². The Morgan fingerprint density at radius 1 is 1.14 bits per heavy atom. The van der Waals surface area contributed by atoms with E-state index < -0.39 is 0 Å². The van der Waals surface area contributed by atoms with Crippen molar-refractivity contribution in [2.45, 2.75) is 26.2 Å². The number of ether oxygens (including phenoxy) is 2. The number of aromatic nitrogens is 2. The molecule has 1 amide bonds. The molecule has 0 aliphatic rings. The Morgan fingerprint density at radius 3 is 2.36 bits per heavy atom. The van der Waals surface area contributed by atoms with Crippen molar-refractivity contribution in [2.75, 3.05) is 19.5 Å². The Bertz CT molecular complexity index is 672. The molecule has 6 nitrogen and oxygen atoms in total. The summed E-state index contributed by atoms with van der Waals surface area (Å²) in [5, 5.41) is 9.81. The van der Waals surface area contributed by atoms with E-state index >= 15 is 0 Å². The average Bonchev–Trinajstić information content (AvgIpc) is 2.95. The van der Waals surface area contributed by atoms with Crippen molar-refractivity contribution in [1.82, 2.24) is 10.2 Å². The Hall–Kier alpha value is -2.50.